The summed E-state index contributed by atoms with van der Waals surface area (Å²) < 4.78 is 44.9. The lowest BCUT2D eigenvalue weighted by Crippen LogP contribution is -2.36. The van der Waals surface area contributed by atoms with Crippen LogP contribution in [0.3, 0.4) is 0 Å². The van der Waals surface area contributed by atoms with Crippen LogP contribution in [0.15, 0.2) is 47.4 Å². The molecule has 0 bridgehead atoms. The van der Waals surface area contributed by atoms with Gasteiger partial charge in [0.05, 0.1) is 23.6 Å². The second-order valence-electron chi connectivity index (χ2n) is 4.99. The molecule has 9 heteroatoms. The summed E-state index contributed by atoms with van der Waals surface area (Å²) in [7, 11) is -2.51. The molecular weight excluding hydrogens is 371 g/mol. The van der Waals surface area contributed by atoms with E-state index in [1.807, 2.05) is 0 Å². The first-order valence-electron chi connectivity index (χ1n) is 7.17. The number of rotatable bonds is 7. The van der Waals surface area contributed by atoms with Crippen molar-refractivity contribution in [2.45, 2.75) is 11.4 Å². The largest absolute Gasteiger partial charge is 0.495 e. The maximum Gasteiger partial charge on any atom is 0.241 e. The van der Waals surface area contributed by atoms with E-state index in [2.05, 4.69) is 10.0 Å². The molecule has 1 amide bonds. The molecule has 0 radical (unpaired) electrons. The summed E-state index contributed by atoms with van der Waals surface area (Å²) in [5.41, 5.74) is 0.306. The minimum absolute atomic E-state index is 0.0401. The second kappa shape index (κ2) is 8.28. The molecular formula is C16H16ClFN2O4S. The normalized spacial score (nSPS) is 11.2. The Balaban J connectivity index is 1.94. The van der Waals surface area contributed by atoms with Crippen LogP contribution >= 0.6 is 11.6 Å². The topological polar surface area (TPSA) is 84.5 Å². The van der Waals surface area contributed by atoms with Crippen molar-refractivity contribution in [3.05, 3.63) is 58.9 Å². The van der Waals surface area contributed by atoms with Crippen molar-refractivity contribution < 1.29 is 22.3 Å². The minimum atomic E-state index is -3.92. The maximum absolute atomic E-state index is 13.5. The van der Waals surface area contributed by atoms with Gasteiger partial charge in [0.25, 0.3) is 0 Å². The van der Waals surface area contributed by atoms with Gasteiger partial charge >= 0.3 is 0 Å². The first-order chi connectivity index (χ1) is 11.8. The Labute approximate surface area is 150 Å². The fraction of sp³-hybridized carbons (Fsp3) is 0.188. The van der Waals surface area contributed by atoms with Crippen LogP contribution in [0.4, 0.5) is 4.39 Å². The van der Waals surface area contributed by atoms with Crippen LogP contribution in [0, 0.1) is 5.82 Å². The molecule has 6 nitrogen and oxygen atoms in total. The number of sulfonamides is 1. The van der Waals surface area contributed by atoms with Gasteiger partial charge in [-0.05, 0) is 24.3 Å². The van der Waals surface area contributed by atoms with Crippen molar-refractivity contribution in [1.29, 1.82) is 0 Å². The van der Waals surface area contributed by atoms with Gasteiger partial charge in [-0.15, -0.1) is 0 Å². The summed E-state index contributed by atoms with van der Waals surface area (Å²) >= 11 is 5.90. The Morgan fingerprint density at radius 1 is 1.24 bits per heavy atom. The standard InChI is InChI=1S/C16H16ClFN2O4S/c1-24-15-7-6-12(8-13(15)17)25(22,23)20-10-16(21)19-9-11-4-2-3-5-14(11)18/h2-8,20H,9-10H2,1H3,(H,19,21). The SMILES string of the molecule is COc1ccc(S(=O)(=O)NCC(=O)NCc2ccccc2F)cc1Cl. The highest BCUT2D eigenvalue weighted by molar-refractivity contribution is 7.89. The van der Waals surface area contributed by atoms with Gasteiger partial charge in [-0.2, -0.15) is 0 Å². The van der Waals surface area contributed by atoms with Gasteiger partial charge in [-0.25, -0.2) is 17.5 Å². The molecule has 0 aromatic heterocycles. The summed E-state index contributed by atoms with van der Waals surface area (Å²) in [4.78, 5) is 11.7. The van der Waals surface area contributed by atoms with Crippen molar-refractivity contribution in [3.63, 3.8) is 0 Å². The monoisotopic (exact) mass is 386 g/mol. The van der Waals surface area contributed by atoms with Crippen molar-refractivity contribution >= 4 is 27.5 Å². The number of carbonyl (C=O) groups excluding carboxylic acids is 1. The van der Waals surface area contributed by atoms with Crippen LogP contribution in [0.1, 0.15) is 5.56 Å². The second-order valence-corrected chi connectivity index (χ2v) is 7.16. The van der Waals surface area contributed by atoms with Crippen LogP contribution in [0.25, 0.3) is 0 Å². The predicted octanol–water partition coefficient (Wildman–Crippen LogP) is 2.08. The number of benzene rings is 2. The molecule has 0 saturated carbocycles. The number of carbonyl (C=O) groups is 1. The van der Waals surface area contributed by atoms with Crippen molar-refractivity contribution in [2.24, 2.45) is 0 Å². The molecule has 2 rings (SSSR count). The smallest absolute Gasteiger partial charge is 0.241 e. The molecule has 2 aromatic rings. The molecule has 2 N–H and O–H groups in total. The zero-order valence-electron chi connectivity index (χ0n) is 13.3. The number of hydrogen-bond acceptors (Lipinski definition) is 4. The van der Waals surface area contributed by atoms with Crippen molar-refractivity contribution in [2.75, 3.05) is 13.7 Å². The zero-order valence-corrected chi connectivity index (χ0v) is 14.8. The Morgan fingerprint density at radius 2 is 1.96 bits per heavy atom. The Bertz CT molecular complexity index is 874. The van der Waals surface area contributed by atoms with E-state index in [9.17, 15) is 17.6 Å². The maximum atomic E-state index is 13.5. The zero-order chi connectivity index (χ0) is 18.4. The van der Waals surface area contributed by atoms with Crippen molar-refractivity contribution in [3.8, 4) is 5.75 Å². The van der Waals surface area contributed by atoms with E-state index >= 15 is 0 Å². The molecule has 0 unspecified atom stereocenters. The predicted molar refractivity (Wildman–Crippen MR) is 91.4 cm³/mol. The number of methoxy groups -OCH3 is 1. The van der Waals surface area contributed by atoms with Gasteiger partial charge in [-0.3, -0.25) is 4.79 Å². The Kier molecular flexibility index (Phi) is 6.35. The lowest BCUT2D eigenvalue weighted by Gasteiger charge is -2.10. The highest BCUT2D eigenvalue weighted by Gasteiger charge is 2.17. The highest BCUT2D eigenvalue weighted by Crippen LogP contribution is 2.26. The summed E-state index contributed by atoms with van der Waals surface area (Å²) in [6.07, 6.45) is 0. The molecule has 2 aromatic carbocycles. The summed E-state index contributed by atoms with van der Waals surface area (Å²) in [6, 6.07) is 9.92. The molecule has 0 saturated heterocycles. The van der Waals surface area contributed by atoms with Crippen LogP contribution in [-0.4, -0.2) is 28.0 Å². The van der Waals surface area contributed by atoms with Crippen LogP contribution in [-0.2, 0) is 21.4 Å². The molecule has 0 heterocycles. The lowest BCUT2D eigenvalue weighted by molar-refractivity contribution is -0.120. The third-order valence-corrected chi connectivity index (χ3v) is 4.98. The van der Waals surface area contributed by atoms with E-state index in [4.69, 9.17) is 16.3 Å². The summed E-state index contributed by atoms with van der Waals surface area (Å²) in [5.74, 6) is -0.703. The summed E-state index contributed by atoms with van der Waals surface area (Å²) in [6.45, 7) is -0.526. The van der Waals surface area contributed by atoms with Gasteiger partial charge in [0.15, 0.2) is 0 Å². The summed E-state index contributed by atoms with van der Waals surface area (Å²) in [5, 5.41) is 2.58. The first kappa shape index (κ1) is 19.2. The molecule has 0 atom stereocenters. The van der Waals surface area contributed by atoms with E-state index in [0.717, 1.165) is 0 Å². The van der Waals surface area contributed by atoms with Gasteiger partial charge in [0.1, 0.15) is 11.6 Å². The van der Waals surface area contributed by atoms with Gasteiger partial charge in [-0.1, -0.05) is 29.8 Å². The van der Waals surface area contributed by atoms with Gasteiger partial charge in [0, 0.05) is 12.1 Å². The van der Waals surface area contributed by atoms with E-state index < -0.39 is 28.3 Å². The van der Waals surface area contributed by atoms with Gasteiger partial charge < -0.3 is 10.1 Å². The number of nitrogens with one attached hydrogen (secondary N) is 2. The fourth-order valence-corrected chi connectivity index (χ4v) is 3.29. The lowest BCUT2D eigenvalue weighted by atomic mass is 10.2. The first-order valence-corrected chi connectivity index (χ1v) is 9.03. The number of ether oxygens (including phenoxy) is 1. The quantitative estimate of drug-likeness (QED) is 0.763. The third-order valence-electron chi connectivity index (χ3n) is 3.29. The molecule has 0 aliphatic rings. The number of amides is 1. The molecule has 0 aliphatic heterocycles. The average Bonchev–Trinajstić information content (AvgIpc) is 2.59. The van der Waals surface area contributed by atoms with Crippen LogP contribution < -0.4 is 14.8 Å². The van der Waals surface area contributed by atoms with E-state index in [1.165, 1.54) is 43.5 Å². The molecule has 134 valence electrons. The molecule has 0 fully saturated rings. The van der Waals surface area contributed by atoms with Gasteiger partial charge in [0.2, 0.25) is 15.9 Å². The number of hydrogen-bond donors (Lipinski definition) is 2. The van der Waals surface area contributed by atoms with Crippen LogP contribution in [0.2, 0.25) is 5.02 Å². The average molecular weight is 387 g/mol. The Hall–Kier alpha value is -2.16. The fourth-order valence-electron chi connectivity index (χ4n) is 1.96. The molecule has 0 aliphatic carbocycles. The Morgan fingerprint density at radius 3 is 2.60 bits per heavy atom. The molecule has 25 heavy (non-hydrogen) atoms. The van der Waals surface area contributed by atoms with E-state index in [-0.39, 0.29) is 16.5 Å². The van der Waals surface area contributed by atoms with E-state index in [0.29, 0.717) is 11.3 Å². The number of halogens is 2. The van der Waals surface area contributed by atoms with Crippen molar-refractivity contribution in [1.82, 2.24) is 10.0 Å². The van der Waals surface area contributed by atoms with E-state index in [1.54, 1.807) is 6.07 Å². The third kappa shape index (κ3) is 5.15. The minimum Gasteiger partial charge on any atom is -0.495 e. The molecule has 0 spiro atoms. The highest BCUT2D eigenvalue weighted by atomic mass is 35.5. The van der Waals surface area contributed by atoms with Crippen LogP contribution in [0.5, 0.6) is 5.75 Å².